The van der Waals surface area contributed by atoms with E-state index in [1.165, 1.54) is 4.68 Å². The minimum atomic E-state index is -0.466. The van der Waals surface area contributed by atoms with Crippen LogP contribution >= 0.6 is 0 Å². The van der Waals surface area contributed by atoms with E-state index in [0.717, 1.165) is 10.8 Å². The van der Waals surface area contributed by atoms with Gasteiger partial charge in [-0.3, -0.25) is 0 Å². The summed E-state index contributed by atoms with van der Waals surface area (Å²) in [7, 11) is -0.439. The van der Waals surface area contributed by atoms with Gasteiger partial charge in [0.1, 0.15) is 0 Å². The summed E-state index contributed by atoms with van der Waals surface area (Å²) in [6.45, 7) is 12.4. The largest absolute Gasteiger partial charge is 0.494 e. The summed E-state index contributed by atoms with van der Waals surface area (Å²) in [5.74, 6) is 0.278. The van der Waals surface area contributed by atoms with E-state index in [9.17, 15) is 4.79 Å². The van der Waals surface area contributed by atoms with Crippen molar-refractivity contribution in [2.24, 2.45) is 5.92 Å². The fourth-order valence-corrected chi connectivity index (χ4v) is 2.62. The van der Waals surface area contributed by atoms with Crippen LogP contribution in [0.15, 0.2) is 24.4 Å². The standard InChI is InChI=1S/C18H25BN2O4/c1-12(2)11-23-16(22)21-15-8-7-14(9-13(15)10-20-21)19-24-17(3,4)18(5,6)25-19/h7-10,12H,11H2,1-6H3. The summed E-state index contributed by atoms with van der Waals surface area (Å²) >= 11 is 0. The van der Waals surface area contributed by atoms with Gasteiger partial charge in [0.25, 0.3) is 0 Å². The summed E-state index contributed by atoms with van der Waals surface area (Å²) in [5.41, 5.74) is 0.824. The molecule has 0 aliphatic carbocycles. The van der Waals surface area contributed by atoms with E-state index < -0.39 is 24.4 Å². The Hall–Kier alpha value is -1.86. The van der Waals surface area contributed by atoms with Gasteiger partial charge in [0.05, 0.1) is 29.5 Å². The number of nitrogens with zero attached hydrogens (tertiary/aromatic N) is 2. The second kappa shape index (κ2) is 6.14. The number of hydrogen-bond donors (Lipinski definition) is 0. The summed E-state index contributed by atoms with van der Waals surface area (Å²) < 4.78 is 18.7. The van der Waals surface area contributed by atoms with Crippen molar-refractivity contribution in [1.29, 1.82) is 0 Å². The van der Waals surface area contributed by atoms with Crippen LogP contribution in [0.25, 0.3) is 10.9 Å². The van der Waals surface area contributed by atoms with Gasteiger partial charge in [0, 0.05) is 5.39 Å². The molecule has 0 amide bonds. The highest BCUT2D eigenvalue weighted by Crippen LogP contribution is 2.36. The van der Waals surface area contributed by atoms with Crippen LogP contribution in [-0.2, 0) is 14.0 Å². The first-order chi connectivity index (χ1) is 11.6. The Bertz CT molecular complexity index is 781. The first kappa shape index (κ1) is 18.0. The Balaban J connectivity index is 1.84. The van der Waals surface area contributed by atoms with Crippen molar-refractivity contribution >= 4 is 29.6 Å². The van der Waals surface area contributed by atoms with Crippen LogP contribution in [0.4, 0.5) is 4.79 Å². The molecule has 1 saturated heterocycles. The zero-order valence-electron chi connectivity index (χ0n) is 15.7. The maximum absolute atomic E-state index is 12.2. The fourth-order valence-electron chi connectivity index (χ4n) is 2.62. The van der Waals surface area contributed by atoms with Crippen molar-refractivity contribution < 1.29 is 18.8 Å². The average molecular weight is 344 g/mol. The third kappa shape index (κ3) is 3.31. The molecule has 0 spiro atoms. The van der Waals surface area contributed by atoms with E-state index >= 15 is 0 Å². The Morgan fingerprint density at radius 1 is 1.24 bits per heavy atom. The molecule has 1 fully saturated rings. The Morgan fingerprint density at radius 2 is 1.88 bits per heavy atom. The molecule has 1 aromatic heterocycles. The lowest BCUT2D eigenvalue weighted by Gasteiger charge is -2.32. The van der Waals surface area contributed by atoms with E-state index in [1.54, 1.807) is 6.20 Å². The maximum Gasteiger partial charge on any atom is 0.494 e. The number of hydrogen-bond acceptors (Lipinski definition) is 5. The summed E-state index contributed by atoms with van der Waals surface area (Å²) in [4.78, 5) is 12.2. The molecule has 2 heterocycles. The molecule has 0 radical (unpaired) electrons. The van der Waals surface area contributed by atoms with E-state index in [-0.39, 0.29) is 5.92 Å². The summed E-state index contributed by atoms with van der Waals surface area (Å²) in [5, 5.41) is 5.00. The minimum Gasteiger partial charge on any atom is -0.448 e. The second-order valence-electron chi connectivity index (χ2n) is 7.93. The van der Waals surface area contributed by atoms with Crippen LogP contribution < -0.4 is 5.46 Å². The van der Waals surface area contributed by atoms with Crippen molar-refractivity contribution in [1.82, 2.24) is 9.78 Å². The van der Waals surface area contributed by atoms with Crippen molar-refractivity contribution in [3.8, 4) is 0 Å². The molecule has 25 heavy (non-hydrogen) atoms. The Kier molecular flexibility index (Phi) is 4.41. The molecule has 1 aromatic carbocycles. The molecule has 3 rings (SSSR count). The third-order valence-electron chi connectivity index (χ3n) is 4.83. The predicted molar refractivity (Wildman–Crippen MR) is 97.0 cm³/mol. The molecule has 134 valence electrons. The fraction of sp³-hybridized carbons (Fsp3) is 0.556. The van der Waals surface area contributed by atoms with Gasteiger partial charge in [-0.25, -0.2) is 4.79 Å². The first-order valence-corrected chi connectivity index (χ1v) is 8.61. The van der Waals surface area contributed by atoms with Crippen molar-refractivity contribution in [3.63, 3.8) is 0 Å². The van der Waals surface area contributed by atoms with Gasteiger partial charge in [-0.1, -0.05) is 26.0 Å². The molecule has 7 heteroatoms. The van der Waals surface area contributed by atoms with Crippen molar-refractivity contribution in [2.75, 3.05) is 6.61 Å². The second-order valence-corrected chi connectivity index (χ2v) is 7.93. The number of rotatable bonds is 3. The summed E-state index contributed by atoms with van der Waals surface area (Å²) in [6, 6.07) is 5.69. The van der Waals surface area contributed by atoms with Crippen LogP contribution in [0.1, 0.15) is 41.5 Å². The maximum atomic E-state index is 12.2. The smallest absolute Gasteiger partial charge is 0.448 e. The number of benzene rings is 1. The van der Waals surface area contributed by atoms with Gasteiger partial charge in [-0.2, -0.15) is 9.78 Å². The third-order valence-corrected chi connectivity index (χ3v) is 4.83. The molecular weight excluding hydrogens is 319 g/mol. The van der Waals surface area contributed by atoms with Gasteiger partial charge in [0.2, 0.25) is 0 Å². The zero-order valence-corrected chi connectivity index (χ0v) is 15.7. The number of fused-ring (bicyclic) bond motifs is 1. The highest BCUT2D eigenvalue weighted by molar-refractivity contribution is 6.62. The topological polar surface area (TPSA) is 62.6 Å². The summed E-state index contributed by atoms with van der Waals surface area (Å²) in [6.07, 6.45) is 1.19. The normalized spacial score (nSPS) is 18.9. The first-order valence-electron chi connectivity index (χ1n) is 8.61. The highest BCUT2D eigenvalue weighted by Gasteiger charge is 2.51. The molecule has 0 N–H and O–H groups in total. The lowest BCUT2D eigenvalue weighted by molar-refractivity contribution is 0.00578. The van der Waals surface area contributed by atoms with Crippen LogP contribution in [0.2, 0.25) is 0 Å². The van der Waals surface area contributed by atoms with Crippen molar-refractivity contribution in [2.45, 2.75) is 52.7 Å². The number of carbonyl (C=O) groups excluding carboxylic acids is 1. The van der Waals surface area contributed by atoms with E-state index in [4.69, 9.17) is 14.0 Å². The van der Waals surface area contributed by atoms with Crippen LogP contribution in [0, 0.1) is 5.92 Å². The molecule has 0 bridgehead atoms. The number of aromatic nitrogens is 2. The predicted octanol–water partition coefficient (Wildman–Crippen LogP) is 2.98. The van der Waals surface area contributed by atoms with E-state index in [2.05, 4.69) is 5.10 Å². The molecule has 6 nitrogen and oxygen atoms in total. The average Bonchev–Trinajstić information content (AvgIpc) is 3.02. The SMILES string of the molecule is CC(C)COC(=O)n1ncc2cc(B3OC(C)(C)C(C)(C)O3)ccc21. The molecule has 0 saturated carbocycles. The molecule has 1 aliphatic rings. The van der Waals surface area contributed by atoms with Crippen LogP contribution in [0.5, 0.6) is 0 Å². The number of carbonyl (C=O) groups is 1. The van der Waals surface area contributed by atoms with Crippen LogP contribution in [-0.4, -0.2) is 40.8 Å². The molecule has 0 atom stereocenters. The Labute approximate surface area is 148 Å². The van der Waals surface area contributed by atoms with Gasteiger partial charge < -0.3 is 14.0 Å². The highest BCUT2D eigenvalue weighted by atomic mass is 16.7. The lowest BCUT2D eigenvalue weighted by atomic mass is 9.79. The molecule has 1 aliphatic heterocycles. The molecule has 0 unspecified atom stereocenters. The van der Waals surface area contributed by atoms with Gasteiger partial charge >= 0.3 is 13.2 Å². The minimum absolute atomic E-state index is 0.278. The quantitative estimate of drug-likeness (QED) is 0.801. The monoisotopic (exact) mass is 344 g/mol. The van der Waals surface area contributed by atoms with Gasteiger partial charge in [-0.05, 0) is 45.1 Å². The van der Waals surface area contributed by atoms with Crippen LogP contribution in [0.3, 0.4) is 0 Å². The molecular formula is C18H25BN2O4. The van der Waals surface area contributed by atoms with E-state index in [0.29, 0.717) is 12.1 Å². The van der Waals surface area contributed by atoms with Crippen molar-refractivity contribution in [3.05, 3.63) is 24.4 Å². The van der Waals surface area contributed by atoms with Gasteiger partial charge in [-0.15, -0.1) is 0 Å². The molecule has 2 aromatic rings. The Morgan fingerprint density at radius 3 is 2.48 bits per heavy atom. The van der Waals surface area contributed by atoms with Gasteiger partial charge in [0.15, 0.2) is 0 Å². The lowest BCUT2D eigenvalue weighted by Crippen LogP contribution is -2.41. The number of ether oxygens (including phenoxy) is 1. The van der Waals surface area contributed by atoms with E-state index in [1.807, 2.05) is 59.7 Å². The zero-order chi connectivity index (χ0) is 18.4.